The standard InChI is InChI=1S/C15H15NO3S/c1-8-6-10(3)12(11(7-8)15(18)19)16-14(17)13-9(2)4-5-20-13/h4-7H,1-3H3,(H,16,17)(H,18,19). The fourth-order valence-corrected chi connectivity index (χ4v) is 2.90. The molecule has 0 unspecified atom stereocenters. The maximum atomic E-state index is 12.2. The Morgan fingerprint density at radius 2 is 1.85 bits per heavy atom. The van der Waals surface area contributed by atoms with Crippen LogP contribution in [0.15, 0.2) is 23.6 Å². The van der Waals surface area contributed by atoms with Crippen LogP contribution in [0.4, 0.5) is 5.69 Å². The molecule has 4 nitrogen and oxygen atoms in total. The van der Waals surface area contributed by atoms with E-state index in [2.05, 4.69) is 5.32 Å². The van der Waals surface area contributed by atoms with E-state index in [4.69, 9.17) is 0 Å². The van der Waals surface area contributed by atoms with Crippen molar-refractivity contribution in [2.45, 2.75) is 20.8 Å². The first-order chi connectivity index (χ1) is 9.40. The van der Waals surface area contributed by atoms with Crippen LogP contribution in [0, 0.1) is 20.8 Å². The number of carbonyl (C=O) groups is 2. The van der Waals surface area contributed by atoms with Gasteiger partial charge in [0.25, 0.3) is 5.91 Å². The summed E-state index contributed by atoms with van der Waals surface area (Å²) in [4.78, 5) is 24.1. The minimum Gasteiger partial charge on any atom is -0.478 e. The topological polar surface area (TPSA) is 66.4 Å². The molecule has 1 aromatic heterocycles. The molecule has 1 heterocycles. The van der Waals surface area contributed by atoms with Crippen molar-refractivity contribution in [1.82, 2.24) is 0 Å². The molecular formula is C15H15NO3S. The van der Waals surface area contributed by atoms with Gasteiger partial charge in [0.15, 0.2) is 0 Å². The molecule has 0 spiro atoms. The van der Waals surface area contributed by atoms with Gasteiger partial charge in [0.2, 0.25) is 0 Å². The molecule has 0 bridgehead atoms. The summed E-state index contributed by atoms with van der Waals surface area (Å²) in [7, 11) is 0. The van der Waals surface area contributed by atoms with Crippen molar-refractivity contribution < 1.29 is 14.7 Å². The highest BCUT2D eigenvalue weighted by molar-refractivity contribution is 7.12. The van der Waals surface area contributed by atoms with Gasteiger partial charge in [-0.1, -0.05) is 6.07 Å². The quantitative estimate of drug-likeness (QED) is 0.906. The first-order valence-electron chi connectivity index (χ1n) is 6.10. The van der Waals surface area contributed by atoms with E-state index < -0.39 is 5.97 Å². The molecule has 2 N–H and O–H groups in total. The maximum absolute atomic E-state index is 12.2. The van der Waals surface area contributed by atoms with Crippen LogP contribution in [0.2, 0.25) is 0 Å². The van der Waals surface area contributed by atoms with Gasteiger partial charge in [0.05, 0.1) is 16.1 Å². The molecule has 0 aliphatic rings. The number of amides is 1. The monoisotopic (exact) mass is 289 g/mol. The van der Waals surface area contributed by atoms with Crippen LogP contribution in [0.1, 0.15) is 36.7 Å². The Hall–Kier alpha value is -2.14. The number of nitrogens with one attached hydrogen (secondary N) is 1. The summed E-state index contributed by atoms with van der Waals surface area (Å²) in [6.45, 7) is 5.47. The van der Waals surface area contributed by atoms with E-state index in [0.29, 0.717) is 10.6 Å². The number of aromatic carboxylic acids is 1. The molecule has 20 heavy (non-hydrogen) atoms. The number of carbonyl (C=O) groups excluding carboxylic acids is 1. The highest BCUT2D eigenvalue weighted by atomic mass is 32.1. The molecule has 5 heteroatoms. The Bertz CT molecular complexity index is 688. The zero-order chi connectivity index (χ0) is 14.9. The van der Waals surface area contributed by atoms with Crippen molar-refractivity contribution in [2.24, 2.45) is 0 Å². The Morgan fingerprint density at radius 1 is 1.15 bits per heavy atom. The summed E-state index contributed by atoms with van der Waals surface area (Å²) < 4.78 is 0. The Kier molecular flexibility index (Phi) is 3.90. The Morgan fingerprint density at radius 3 is 2.40 bits per heavy atom. The second-order valence-corrected chi connectivity index (χ2v) is 5.61. The molecule has 1 amide bonds. The lowest BCUT2D eigenvalue weighted by Gasteiger charge is -2.12. The van der Waals surface area contributed by atoms with Gasteiger partial charge in [0.1, 0.15) is 0 Å². The molecule has 2 rings (SSSR count). The summed E-state index contributed by atoms with van der Waals surface area (Å²) in [6.07, 6.45) is 0. The molecular weight excluding hydrogens is 274 g/mol. The van der Waals surface area contributed by atoms with Crippen molar-refractivity contribution in [3.8, 4) is 0 Å². The van der Waals surface area contributed by atoms with Gasteiger partial charge < -0.3 is 10.4 Å². The first-order valence-corrected chi connectivity index (χ1v) is 6.98. The number of carboxylic acid groups (broad SMARTS) is 1. The number of thiophene rings is 1. The van der Waals surface area contributed by atoms with E-state index in [9.17, 15) is 14.7 Å². The van der Waals surface area contributed by atoms with Gasteiger partial charge in [-0.2, -0.15) is 0 Å². The maximum Gasteiger partial charge on any atom is 0.337 e. The molecule has 0 atom stereocenters. The van der Waals surface area contributed by atoms with E-state index in [1.807, 2.05) is 31.4 Å². The molecule has 104 valence electrons. The van der Waals surface area contributed by atoms with Crippen molar-refractivity contribution in [3.63, 3.8) is 0 Å². The van der Waals surface area contributed by atoms with Crippen molar-refractivity contribution in [3.05, 3.63) is 50.7 Å². The first kappa shape index (κ1) is 14.3. The highest BCUT2D eigenvalue weighted by Gasteiger charge is 2.18. The molecule has 0 fully saturated rings. The van der Waals surface area contributed by atoms with Crippen LogP contribution in [-0.2, 0) is 0 Å². The number of carboxylic acids is 1. The van der Waals surface area contributed by atoms with E-state index in [1.54, 1.807) is 13.0 Å². The lowest BCUT2D eigenvalue weighted by atomic mass is 10.0. The van der Waals surface area contributed by atoms with Crippen LogP contribution in [0.25, 0.3) is 0 Å². The molecule has 0 saturated carbocycles. The molecule has 1 aromatic carbocycles. The number of benzene rings is 1. The third-order valence-electron chi connectivity index (χ3n) is 3.02. The van der Waals surface area contributed by atoms with Gasteiger partial charge in [0, 0.05) is 0 Å². The second-order valence-electron chi connectivity index (χ2n) is 4.70. The SMILES string of the molecule is Cc1cc(C)c(NC(=O)c2sccc2C)c(C(=O)O)c1. The fraction of sp³-hybridized carbons (Fsp3) is 0.200. The van der Waals surface area contributed by atoms with Crippen LogP contribution >= 0.6 is 11.3 Å². The number of rotatable bonds is 3. The van der Waals surface area contributed by atoms with E-state index in [1.165, 1.54) is 11.3 Å². The number of hydrogen-bond donors (Lipinski definition) is 2. The van der Waals surface area contributed by atoms with Crippen LogP contribution in [-0.4, -0.2) is 17.0 Å². The second kappa shape index (κ2) is 5.46. The predicted molar refractivity (Wildman–Crippen MR) is 79.9 cm³/mol. The zero-order valence-corrected chi connectivity index (χ0v) is 12.3. The summed E-state index contributed by atoms with van der Waals surface area (Å²) in [6, 6.07) is 5.27. The third-order valence-corrected chi connectivity index (χ3v) is 4.03. The summed E-state index contributed by atoms with van der Waals surface area (Å²) in [5, 5.41) is 13.8. The lowest BCUT2D eigenvalue weighted by Crippen LogP contribution is -2.16. The minimum absolute atomic E-state index is 0.116. The third kappa shape index (κ3) is 2.72. The summed E-state index contributed by atoms with van der Waals surface area (Å²) >= 11 is 1.34. The molecule has 0 aliphatic heterocycles. The van der Waals surface area contributed by atoms with Crippen molar-refractivity contribution in [2.75, 3.05) is 5.32 Å². The number of aryl methyl sites for hydroxylation is 3. The largest absolute Gasteiger partial charge is 0.478 e. The molecule has 0 saturated heterocycles. The predicted octanol–water partition coefficient (Wildman–Crippen LogP) is 3.62. The van der Waals surface area contributed by atoms with Crippen molar-refractivity contribution in [1.29, 1.82) is 0 Å². The number of anilines is 1. The van der Waals surface area contributed by atoms with E-state index in [0.717, 1.165) is 16.7 Å². The summed E-state index contributed by atoms with van der Waals surface area (Å²) in [5.74, 6) is -1.32. The van der Waals surface area contributed by atoms with Gasteiger partial charge >= 0.3 is 5.97 Å². The lowest BCUT2D eigenvalue weighted by molar-refractivity contribution is 0.0698. The number of hydrogen-bond acceptors (Lipinski definition) is 3. The Labute approximate surface area is 121 Å². The average Bonchev–Trinajstić information content (AvgIpc) is 2.78. The van der Waals surface area contributed by atoms with Crippen molar-refractivity contribution >= 4 is 28.9 Å². The Balaban J connectivity index is 2.41. The molecule has 0 aliphatic carbocycles. The fourth-order valence-electron chi connectivity index (χ4n) is 2.08. The van der Waals surface area contributed by atoms with Crippen LogP contribution < -0.4 is 5.32 Å². The zero-order valence-electron chi connectivity index (χ0n) is 11.5. The van der Waals surface area contributed by atoms with Gasteiger partial charge in [-0.3, -0.25) is 4.79 Å². The van der Waals surface area contributed by atoms with Crippen LogP contribution in [0.3, 0.4) is 0 Å². The van der Waals surface area contributed by atoms with Gasteiger partial charge in [-0.05, 0) is 55.0 Å². The normalized spacial score (nSPS) is 10.3. The smallest absolute Gasteiger partial charge is 0.337 e. The average molecular weight is 289 g/mol. The van der Waals surface area contributed by atoms with E-state index >= 15 is 0 Å². The molecule has 0 radical (unpaired) electrons. The summed E-state index contributed by atoms with van der Waals surface area (Å²) in [5.41, 5.74) is 2.95. The van der Waals surface area contributed by atoms with E-state index in [-0.39, 0.29) is 11.5 Å². The van der Waals surface area contributed by atoms with Gasteiger partial charge in [-0.15, -0.1) is 11.3 Å². The minimum atomic E-state index is -1.05. The highest BCUT2D eigenvalue weighted by Crippen LogP contribution is 2.25. The molecule has 2 aromatic rings. The van der Waals surface area contributed by atoms with Gasteiger partial charge in [-0.25, -0.2) is 4.79 Å². The van der Waals surface area contributed by atoms with Crippen LogP contribution in [0.5, 0.6) is 0 Å².